The van der Waals surface area contributed by atoms with Crippen LogP contribution in [-0.4, -0.2) is 24.8 Å². The average Bonchev–Trinajstić information content (AvgIpc) is 2.94. The maximum Gasteiger partial charge on any atom is 0.178 e. The number of aryl methyl sites for hydroxylation is 2. The Morgan fingerprint density at radius 1 is 1.28 bits per heavy atom. The predicted octanol–water partition coefficient (Wildman–Crippen LogP) is 1.81. The molecule has 3 aromatic rings. The number of fused-ring (bicyclic) bond motifs is 1. The third-order valence-electron chi connectivity index (χ3n) is 2.69. The van der Waals surface area contributed by atoms with Crippen LogP contribution >= 0.6 is 11.3 Å². The summed E-state index contributed by atoms with van der Waals surface area (Å²) in [5, 5.41) is 15.7. The average molecular weight is 260 g/mol. The van der Waals surface area contributed by atoms with Crippen LogP contribution in [0.3, 0.4) is 0 Å². The van der Waals surface area contributed by atoms with Gasteiger partial charge in [-0.15, -0.1) is 26.6 Å². The second kappa shape index (κ2) is 4.34. The molecule has 0 aliphatic carbocycles. The van der Waals surface area contributed by atoms with Crippen LogP contribution in [0.4, 0.5) is 5.82 Å². The highest BCUT2D eigenvalue weighted by Crippen LogP contribution is 2.14. The molecule has 0 fully saturated rings. The zero-order valence-corrected chi connectivity index (χ0v) is 10.9. The lowest BCUT2D eigenvalue weighted by molar-refractivity contribution is 0.871. The molecule has 0 bridgehead atoms. The topological polar surface area (TPSA) is 68.0 Å². The molecule has 3 rings (SSSR count). The molecule has 0 saturated heterocycles. The Bertz CT molecular complexity index is 686. The molecule has 0 saturated carbocycles. The summed E-state index contributed by atoms with van der Waals surface area (Å²) in [5.74, 6) is 1.58. The van der Waals surface area contributed by atoms with Crippen LogP contribution in [-0.2, 0) is 6.54 Å². The highest BCUT2D eigenvalue weighted by Gasteiger charge is 2.05. The Morgan fingerprint density at radius 2 is 2.17 bits per heavy atom. The fourth-order valence-electron chi connectivity index (χ4n) is 1.66. The molecule has 0 spiro atoms. The van der Waals surface area contributed by atoms with E-state index >= 15 is 0 Å². The van der Waals surface area contributed by atoms with Gasteiger partial charge in [0.05, 0.1) is 17.7 Å². The summed E-state index contributed by atoms with van der Waals surface area (Å²) >= 11 is 1.64. The molecule has 3 heterocycles. The van der Waals surface area contributed by atoms with Crippen LogP contribution < -0.4 is 5.32 Å². The lowest BCUT2D eigenvalue weighted by Crippen LogP contribution is -2.04. The van der Waals surface area contributed by atoms with Gasteiger partial charge in [-0.05, 0) is 26.0 Å². The van der Waals surface area contributed by atoms with E-state index in [1.165, 1.54) is 4.88 Å². The van der Waals surface area contributed by atoms with Crippen LogP contribution in [0.2, 0.25) is 0 Å². The van der Waals surface area contributed by atoms with Crippen molar-refractivity contribution in [1.29, 1.82) is 0 Å². The van der Waals surface area contributed by atoms with Crippen LogP contribution in [0, 0.1) is 13.8 Å². The molecular weight excluding hydrogens is 248 g/mol. The molecule has 0 aliphatic rings. The fraction of sp³-hybridized carbons (Fsp3) is 0.273. The second-order valence-corrected chi connectivity index (χ2v) is 4.89. The monoisotopic (exact) mass is 260 g/mol. The number of thiazole rings is 1. The minimum absolute atomic E-state index is 0.732. The highest BCUT2D eigenvalue weighted by atomic mass is 32.1. The van der Waals surface area contributed by atoms with E-state index in [0.717, 1.165) is 29.5 Å². The number of anilines is 1. The third-order valence-corrected chi connectivity index (χ3v) is 3.63. The normalized spacial score (nSPS) is 11.0. The largest absolute Gasteiger partial charge is 0.364 e. The fourth-order valence-corrected chi connectivity index (χ4v) is 2.37. The van der Waals surface area contributed by atoms with Gasteiger partial charge >= 0.3 is 0 Å². The minimum Gasteiger partial charge on any atom is -0.364 e. The van der Waals surface area contributed by atoms with Crippen molar-refractivity contribution in [2.45, 2.75) is 20.4 Å². The molecule has 0 unspecified atom stereocenters. The molecule has 0 atom stereocenters. The summed E-state index contributed by atoms with van der Waals surface area (Å²) in [4.78, 5) is 5.44. The molecule has 92 valence electrons. The zero-order chi connectivity index (χ0) is 12.5. The summed E-state index contributed by atoms with van der Waals surface area (Å²) < 4.78 is 1.72. The van der Waals surface area contributed by atoms with Gasteiger partial charge in [0.15, 0.2) is 11.5 Å². The number of hydrogen-bond acceptors (Lipinski definition) is 6. The summed E-state index contributed by atoms with van der Waals surface area (Å²) in [6.07, 6.45) is 0. The number of aromatic nitrogens is 5. The van der Waals surface area contributed by atoms with E-state index in [-0.39, 0.29) is 0 Å². The second-order valence-electron chi connectivity index (χ2n) is 3.95. The van der Waals surface area contributed by atoms with Crippen molar-refractivity contribution >= 4 is 22.8 Å². The van der Waals surface area contributed by atoms with Crippen LogP contribution in [0.15, 0.2) is 17.6 Å². The number of hydrogen-bond donors (Lipinski definition) is 1. The third kappa shape index (κ3) is 1.92. The molecule has 0 radical (unpaired) electrons. The van der Waals surface area contributed by atoms with Gasteiger partial charge in [0.2, 0.25) is 0 Å². The molecule has 0 aromatic carbocycles. The van der Waals surface area contributed by atoms with Crippen molar-refractivity contribution in [3.63, 3.8) is 0 Å². The molecule has 18 heavy (non-hydrogen) atoms. The zero-order valence-electron chi connectivity index (χ0n) is 10.1. The van der Waals surface area contributed by atoms with E-state index < -0.39 is 0 Å². The van der Waals surface area contributed by atoms with Gasteiger partial charge in [-0.25, -0.2) is 4.98 Å². The smallest absolute Gasteiger partial charge is 0.178 e. The van der Waals surface area contributed by atoms with Gasteiger partial charge in [0.25, 0.3) is 0 Å². The molecule has 1 N–H and O–H groups in total. The molecular formula is C11H12N6S. The van der Waals surface area contributed by atoms with Crippen molar-refractivity contribution in [3.05, 3.63) is 34.0 Å². The van der Waals surface area contributed by atoms with Crippen molar-refractivity contribution < 1.29 is 0 Å². The summed E-state index contributed by atoms with van der Waals surface area (Å²) in [6, 6.07) is 3.80. The summed E-state index contributed by atoms with van der Waals surface area (Å²) in [6.45, 7) is 4.62. The Hall–Kier alpha value is -2.02. The van der Waals surface area contributed by atoms with E-state index in [0.29, 0.717) is 0 Å². The summed E-state index contributed by atoms with van der Waals surface area (Å²) in [5.41, 5.74) is 3.67. The quantitative estimate of drug-likeness (QED) is 0.778. The van der Waals surface area contributed by atoms with E-state index in [2.05, 4.69) is 25.6 Å². The Kier molecular flexibility index (Phi) is 2.67. The van der Waals surface area contributed by atoms with Crippen molar-refractivity contribution in [3.8, 4) is 0 Å². The molecule has 3 aromatic heterocycles. The number of rotatable bonds is 3. The van der Waals surface area contributed by atoms with Crippen LogP contribution in [0.1, 0.15) is 16.4 Å². The first-order valence-electron chi connectivity index (χ1n) is 5.56. The Morgan fingerprint density at radius 3 is 2.94 bits per heavy atom. The first kappa shape index (κ1) is 11.1. The van der Waals surface area contributed by atoms with Crippen molar-refractivity contribution in [2.75, 3.05) is 5.32 Å². The maximum absolute atomic E-state index is 4.43. The van der Waals surface area contributed by atoms with Gasteiger partial charge in [-0.2, -0.15) is 4.52 Å². The van der Waals surface area contributed by atoms with Crippen LogP contribution in [0.5, 0.6) is 0 Å². The molecule has 0 aliphatic heterocycles. The van der Waals surface area contributed by atoms with Crippen molar-refractivity contribution in [1.82, 2.24) is 24.8 Å². The van der Waals surface area contributed by atoms with Crippen LogP contribution in [0.25, 0.3) is 5.65 Å². The number of nitrogens with one attached hydrogen (secondary N) is 1. The van der Waals surface area contributed by atoms with Gasteiger partial charge < -0.3 is 5.32 Å². The lowest BCUT2D eigenvalue weighted by atomic mass is 10.4. The van der Waals surface area contributed by atoms with Gasteiger partial charge in [0, 0.05) is 4.88 Å². The van der Waals surface area contributed by atoms with Crippen molar-refractivity contribution in [2.24, 2.45) is 0 Å². The molecule has 7 heteroatoms. The maximum atomic E-state index is 4.43. The number of nitrogens with zero attached hydrogens (tertiary/aromatic N) is 5. The Labute approximate surface area is 108 Å². The Balaban J connectivity index is 1.82. The first-order chi connectivity index (χ1) is 8.74. The molecule has 0 amide bonds. The predicted molar refractivity (Wildman–Crippen MR) is 69.7 cm³/mol. The minimum atomic E-state index is 0.732. The van der Waals surface area contributed by atoms with Gasteiger partial charge in [-0.1, -0.05) is 0 Å². The van der Waals surface area contributed by atoms with E-state index in [4.69, 9.17) is 0 Å². The summed E-state index contributed by atoms with van der Waals surface area (Å²) in [7, 11) is 0. The van der Waals surface area contributed by atoms with E-state index in [1.807, 2.05) is 31.5 Å². The molecule has 6 nitrogen and oxygen atoms in total. The first-order valence-corrected chi connectivity index (χ1v) is 6.44. The highest BCUT2D eigenvalue weighted by molar-refractivity contribution is 7.09. The van der Waals surface area contributed by atoms with Gasteiger partial charge in [-0.3, -0.25) is 0 Å². The lowest BCUT2D eigenvalue weighted by Gasteiger charge is -2.04. The standard InChI is InChI=1S/C11H12N6S/c1-7-9(18-6-13-7)5-12-10-3-4-11-15-14-8(2)17(11)16-10/h3-4,6H,5H2,1-2H3,(H,12,16). The SMILES string of the molecule is Cc1ncsc1CNc1ccc2nnc(C)n2n1. The van der Waals surface area contributed by atoms with E-state index in [1.54, 1.807) is 15.9 Å². The van der Waals surface area contributed by atoms with Gasteiger partial charge in [0.1, 0.15) is 5.82 Å². The van der Waals surface area contributed by atoms with E-state index in [9.17, 15) is 0 Å².